The first-order valence-electron chi connectivity index (χ1n) is 7.68. The molecule has 19 heavy (non-hydrogen) atoms. The molecule has 0 atom stereocenters. The molecule has 0 radical (unpaired) electrons. The van der Waals surface area contributed by atoms with Gasteiger partial charge in [0.1, 0.15) is 0 Å². The van der Waals surface area contributed by atoms with Gasteiger partial charge in [0, 0.05) is 11.7 Å². The summed E-state index contributed by atoms with van der Waals surface area (Å²) in [6, 6.07) is 0.616. The highest BCUT2D eigenvalue weighted by atomic mass is 32.1. The molecule has 0 bridgehead atoms. The van der Waals surface area contributed by atoms with Crippen molar-refractivity contribution in [3.8, 4) is 0 Å². The Morgan fingerprint density at radius 2 is 1.89 bits per heavy atom. The van der Waals surface area contributed by atoms with E-state index in [0.717, 1.165) is 16.7 Å². The van der Waals surface area contributed by atoms with Gasteiger partial charge in [-0.15, -0.1) is 0 Å². The van der Waals surface area contributed by atoms with Gasteiger partial charge in [0.05, 0.1) is 0 Å². The monoisotopic (exact) mass is 278 g/mol. The number of rotatable bonds is 5. The van der Waals surface area contributed by atoms with Crippen LogP contribution in [0.2, 0.25) is 0 Å². The van der Waals surface area contributed by atoms with Crippen LogP contribution in [0.4, 0.5) is 0 Å². The minimum absolute atomic E-state index is 0.616. The minimum atomic E-state index is 0.616. The van der Waals surface area contributed by atoms with Crippen LogP contribution in [-0.2, 0) is 0 Å². The van der Waals surface area contributed by atoms with E-state index in [-0.39, 0.29) is 0 Å². The molecule has 0 aliphatic heterocycles. The SMILES string of the molecule is C/C=C\C(=C/CC1CCCCC1)NC(=S)NC1CC1. The highest BCUT2D eigenvalue weighted by Crippen LogP contribution is 2.26. The van der Waals surface area contributed by atoms with Gasteiger partial charge in [-0.2, -0.15) is 0 Å². The first-order chi connectivity index (χ1) is 9.28. The lowest BCUT2D eigenvalue weighted by atomic mass is 9.87. The predicted molar refractivity (Wildman–Crippen MR) is 86.0 cm³/mol. The van der Waals surface area contributed by atoms with Crippen LogP contribution >= 0.6 is 12.2 Å². The normalized spacial score (nSPS) is 21.6. The second kappa shape index (κ2) is 7.68. The van der Waals surface area contributed by atoms with Gasteiger partial charge in [0.25, 0.3) is 0 Å². The lowest BCUT2D eigenvalue weighted by Gasteiger charge is -2.20. The van der Waals surface area contributed by atoms with Crippen LogP contribution in [0.3, 0.4) is 0 Å². The summed E-state index contributed by atoms with van der Waals surface area (Å²) >= 11 is 5.33. The van der Waals surface area contributed by atoms with Gasteiger partial charge in [-0.05, 0) is 50.4 Å². The molecule has 0 unspecified atom stereocenters. The zero-order valence-electron chi connectivity index (χ0n) is 12.0. The third-order valence-corrected chi connectivity index (χ3v) is 4.13. The molecule has 2 N–H and O–H groups in total. The Morgan fingerprint density at radius 1 is 1.16 bits per heavy atom. The first kappa shape index (κ1) is 14.6. The molecule has 2 aliphatic carbocycles. The van der Waals surface area contributed by atoms with E-state index in [9.17, 15) is 0 Å². The van der Waals surface area contributed by atoms with Crippen LogP contribution in [0.15, 0.2) is 23.9 Å². The van der Waals surface area contributed by atoms with Crippen LogP contribution in [0.1, 0.15) is 58.3 Å². The Morgan fingerprint density at radius 3 is 2.53 bits per heavy atom. The summed E-state index contributed by atoms with van der Waals surface area (Å²) in [4.78, 5) is 0. The van der Waals surface area contributed by atoms with E-state index in [0.29, 0.717) is 6.04 Å². The maximum Gasteiger partial charge on any atom is 0.170 e. The quantitative estimate of drug-likeness (QED) is 0.586. The molecule has 2 rings (SSSR count). The first-order valence-corrected chi connectivity index (χ1v) is 8.09. The Bertz CT molecular complexity index is 350. The maximum absolute atomic E-state index is 5.33. The summed E-state index contributed by atoms with van der Waals surface area (Å²) < 4.78 is 0. The van der Waals surface area contributed by atoms with E-state index in [2.05, 4.69) is 28.9 Å². The molecule has 0 aromatic rings. The Hall–Kier alpha value is -0.830. The van der Waals surface area contributed by atoms with E-state index >= 15 is 0 Å². The fraction of sp³-hybridized carbons (Fsp3) is 0.688. The molecule has 0 heterocycles. The molecule has 2 aliphatic rings. The van der Waals surface area contributed by atoms with Crippen molar-refractivity contribution in [2.45, 2.75) is 64.3 Å². The zero-order valence-corrected chi connectivity index (χ0v) is 12.8. The minimum Gasteiger partial charge on any atom is -0.360 e. The van der Waals surface area contributed by atoms with E-state index in [1.54, 1.807) is 0 Å². The fourth-order valence-electron chi connectivity index (χ4n) is 2.64. The van der Waals surface area contributed by atoms with Crippen molar-refractivity contribution >= 4 is 17.3 Å². The molecule has 0 aromatic heterocycles. The van der Waals surface area contributed by atoms with Gasteiger partial charge >= 0.3 is 0 Å². The lowest BCUT2D eigenvalue weighted by molar-refractivity contribution is 0.361. The Kier molecular flexibility index (Phi) is 5.90. The van der Waals surface area contributed by atoms with Crippen LogP contribution in [0, 0.1) is 5.92 Å². The molecule has 3 heteroatoms. The van der Waals surface area contributed by atoms with Crippen molar-refractivity contribution in [2.75, 3.05) is 0 Å². The van der Waals surface area contributed by atoms with Gasteiger partial charge in [-0.1, -0.05) is 44.3 Å². The maximum atomic E-state index is 5.33. The van der Waals surface area contributed by atoms with Gasteiger partial charge in [-0.3, -0.25) is 0 Å². The number of hydrogen-bond donors (Lipinski definition) is 2. The predicted octanol–water partition coefficient (Wildman–Crippen LogP) is 4.04. The molecule has 106 valence electrons. The highest BCUT2D eigenvalue weighted by molar-refractivity contribution is 7.80. The number of nitrogens with one attached hydrogen (secondary N) is 2. The van der Waals surface area contributed by atoms with Crippen molar-refractivity contribution in [2.24, 2.45) is 5.92 Å². The number of allylic oxidation sites excluding steroid dienone is 3. The van der Waals surface area contributed by atoms with Crippen molar-refractivity contribution in [3.05, 3.63) is 23.9 Å². The summed E-state index contributed by atoms with van der Waals surface area (Å²) in [6.07, 6.45) is 17.2. The van der Waals surface area contributed by atoms with Crippen LogP contribution in [-0.4, -0.2) is 11.2 Å². The summed E-state index contributed by atoms with van der Waals surface area (Å²) in [5.74, 6) is 0.876. The zero-order chi connectivity index (χ0) is 13.5. The highest BCUT2D eigenvalue weighted by Gasteiger charge is 2.21. The lowest BCUT2D eigenvalue weighted by Crippen LogP contribution is -2.35. The molecule has 0 spiro atoms. The van der Waals surface area contributed by atoms with Crippen molar-refractivity contribution in [3.63, 3.8) is 0 Å². The number of hydrogen-bond acceptors (Lipinski definition) is 1. The van der Waals surface area contributed by atoms with Crippen LogP contribution in [0.5, 0.6) is 0 Å². The van der Waals surface area contributed by atoms with Gasteiger partial charge < -0.3 is 10.6 Å². The summed E-state index contributed by atoms with van der Waals surface area (Å²) in [5, 5.41) is 7.42. The average Bonchev–Trinajstić information content (AvgIpc) is 3.21. The standard InChI is InChI=1S/C16H26N2S/c1-2-6-14(17-16(19)18-15-11-12-15)10-9-13-7-4-3-5-8-13/h2,6,10,13,15H,3-5,7-9,11-12H2,1H3,(H2,17,18,19)/b6-2-,14-10+. The number of thiocarbonyl (C=S) groups is 1. The van der Waals surface area contributed by atoms with Crippen LogP contribution < -0.4 is 10.6 Å². The van der Waals surface area contributed by atoms with E-state index < -0.39 is 0 Å². The smallest absolute Gasteiger partial charge is 0.170 e. The van der Waals surface area contributed by atoms with E-state index in [1.807, 2.05) is 6.92 Å². The second-order valence-corrected chi connectivity index (χ2v) is 6.18. The summed E-state index contributed by atoms with van der Waals surface area (Å²) in [7, 11) is 0. The third kappa shape index (κ3) is 5.77. The van der Waals surface area contributed by atoms with Crippen LogP contribution in [0.25, 0.3) is 0 Å². The van der Waals surface area contributed by atoms with Crippen molar-refractivity contribution in [1.82, 2.24) is 10.6 Å². The molecule has 2 saturated carbocycles. The Balaban J connectivity index is 1.80. The second-order valence-electron chi connectivity index (χ2n) is 5.77. The third-order valence-electron chi connectivity index (χ3n) is 3.91. The molecular weight excluding hydrogens is 252 g/mol. The van der Waals surface area contributed by atoms with E-state index in [1.165, 1.54) is 51.4 Å². The largest absolute Gasteiger partial charge is 0.360 e. The molecule has 0 aromatic carbocycles. The molecule has 0 saturated heterocycles. The summed E-state index contributed by atoms with van der Waals surface area (Å²) in [6.45, 7) is 2.05. The van der Waals surface area contributed by atoms with Gasteiger partial charge in [0.15, 0.2) is 5.11 Å². The van der Waals surface area contributed by atoms with Gasteiger partial charge in [0.2, 0.25) is 0 Å². The molecule has 2 nitrogen and oxygen atoms in total. The average molecular weight is 278 g/mol. The fourth-order valence-corrected chi connectivity index (χ4v) is 2.92. The molecule has 2 fully saturated rings. The topological polar surface area (TPSA) is 24.1 Å². The van der Waals surface area contributed by atoms with E-state index in [4.69, 9.17) is 12.2 Å². The molecule has 0 amide bonds. The van der Waals surface area contributed by atoms with Crippen molar-refractivity contribution in [1.29, 1.82) is 0 Å². The Labute approximate surface area is 122 Å². The van der Waals surface area contributed by atoms with Gasteiger partial charge in [-0.25, -0.2) is 0 Å². The molecular formula is C16H26N2S. The summed E-state index contributed by atoms with van der Waals surface area (Å²) in [5.41, 5.74) is 1.14. The van der Waals surface area contributed by atoms with Crippen molar-refractivity contribution < 1.29 is 0 Å².